The van der Waals surface area contributed by atoms with E-state index in [2.05, 4.69) is 10.6 Å². The van der Waals surface area contributed by atoms with E-state index in [0.29, 0.717) is 31.0 Å². The van der Waals surface area contributed by atoms with Crippen molar-refractivity contribution in [1.29, 1.82) is 0 Å². The number of amides is 1. The molecule has 0 spiro atoms. The van der Waals surface area contributed by atoms with Crippen molar-refractivity contribution in [2.75, 3.05) is 6.54 Å². The van der Waals surface area contributed by atoms with Crippen LogP contribution in [-0.2, 0) is 17.5 Å². The van der Waals surface area contributed by atoms with Gasteiger partial charge in [-0.1, -0.05) is 12.1 Å². The van der Waals surface area contributed by atoms with E-state index in [9.17, 15) is 23.1 Å². The Morgan fingerprint density at radius 2 is 1.68 bits per heavy atom. The highest BCUT2D eigenvalue weighted by atomic mass is 35.5. The van der Waals surface area contributed by atoms with Gasteiger partial charge in [0.1, 0.15) is 11.5 Å². The molecule has 0 radical (unpaired) electrons. The first-order valence-corrected chi connectivity index (χ1v) is 8.44. The zero-order valence-electron chi connectivity index (χ0n) is 14.7. The number of ether oxygens (including phenoxy) is 1. The molecule has 1 aliphatic heterocycles. The molecule has 1 fully saturated rings. The minimum Gasteiger partial charge on any atom is -0.457 e. The molecule has 1 amide bonds. The number of hydrogen-bond acceptors (Lipinski definition) is 4. The fourth-order valence-corrected chi connectivity index (χ4v) is 2.75. The zero-order chi connectivity index (χ0) is 19.4. The smallest absolute Gasteiger partial charge is 0.416 e. The summed E-state index contributed by atoms with van der Waals surface area (Å²) < 4.78 is 43.2. The van der Waals surface area contributed by atoms with Gasteiger partial charge >= 0.3 is 6.18 Å². The van der Waals surface area contributed by atoms with Crippen LogP contribution >= 0.6 is 12.4 Å². The molecule has 28 heavy (non-hydrogen) atoms. The minimum atomic E-state index is -4.38. The molecule has 0 aliphatic carbocycles. The van der Waals surface area contributed by atoms with Gasteiger partial charge in [0, 0.05) is 13.1 Å². The van der Waals surface area contributed by atoms with Crippen LogP contribution in [0.4, 0.5) is 13.2 Å². The molecule has 0 saturated carbocycles. The predicted octanol–water partition coefficient (Wildman–Crippen LogP) is 3.26. The number of aliphatic hydroxyl groups is 1. The summed E-state index contributed by atoms with van der Waals surface area (Å²) in [6.07, 6.45) is -4.48. The van der Waals surface area contributed by atoms with Gasteiger partial charge in [0.05, 0.1) is 17.7 Å². The quantitative estimate of drug-likeness (QED) is 0.699. The van der Waals surface area contributed by atoms with Crippen molar-refractivity contribution in [2.24, 2.45) is 0 Å². The lowest BCUT2D eigenvalue weighted by atomic mass is 10.1. The second-order valence-corrected chi connectivity index (χ2v) is 6.34. The predicted molar refractivity (Wildman–Crippen MR) is 99.5 cm³/mol. The van der Waals surface area contributed by atoms with E-state index in [4.69, 9.17) is 4.74 Å². The molecule has 1 aliphatic rings. The van der Waals surface area contributed by atoms with E-state index < -0.39 is 17.8 Å². The molecule has 3 rings (SSSR count). The molecular formula is C19H20ClF3N2O3. The van der Waals surface area contributed by atoms with E-state index in [1.165, 1.54) is 12.1 Å². The van der Waals surface area contributed by atoms with Gasteiger partial charge in [-0.05, 0) is 48.4 Å². The van der Waals surface area contributed by atoms with Gasteiger partial charge in [0.2, 0.25) is 5.91 Å². The number of aliphatic hydroxyl groups excluding tert-OH is 1. The largest absolute Gasteiger partial charge is 0.457 e. The Kier molecular flexibility index (Phi) is 7.29. The zero-order valence-corrected chi connectivity index (χ0v) is 15.5. The molecule has 3 N–H and O–H groups in total. The van der Waals surface area contributed by atoms with E-state index in [1.54, 1.807) is 24.3 Å². The molecule has 0 aromatic heterocycles. The Bertz CT molecular complexity index is 783. The Hall–Kier alpha value is -2.29. The first-order valence-electron chi connectivity index (χ1n) is 8.44. The number of rotatable bonds is 5. The van der Waals surface area contributed by atoms with Crippen LogP contribution in [0, 0.1) is 0 Å². The Morgan fingerprint density at radius 1 is 1.11 bits per heavy atom. The topological polar surface area (TPSA) is 70.6 Å². The number of benzene rings is 2. The minimum absolute atomic E-state index is 0. The van der Waals surface area contributed by atoms with E-state index >= 15 is 0 Å². The van der Waals surface area contributed by atoms with Crippen LogP contribution in [0.5, 0.6) is 11.5 Å². The second-order valence-electron chi connectivity index (χ2n) is 6.34. The molecule has 1 saturated heterocycles. The maximum atomic E-state index is 12.6. The van der Waals surface area contributed by atoms with Crippen LogP contribution in [0.25, 0.3) is 0 Å². The summed E-state index contributed by atoms with van der Waals surface area (Å²) >= 11 is 0. The van der Waals surface area contributed by atoms with Gasteiger partial charge in [-0.3, -0.25) is 4.79 Å². The molecule has 152 valence electrons. The van der Waals surface area contributed by atoms with Crippen molar-refractivity contribution in [2.45, 2.75) is 31.3 Å². The van der Waals surface area contributed by atoms with Crippen molar-refractivity contribution in [1.82, 2.24) is 10.6 Å². The van der Waals surface area contributed by atoms with Crippen molar-refractivity contribution in [3.05, 3.63) is 59.7 Å². The first kappa shape index (κ1) is 22.0. The summed E-state index contributed by atoms with van der Waals surface area (Å²) in [5, 5.41) is 15.2. The Labute approximate surface area is 166 Å². The summed E-state index contributed by atoms with van der Waals surface area (Å²) in [7, 11) is 0. The fourth-order valence-electron chi connectivity index (χ4n) is 2.75. The SMILES string of the molecule is Cl.O=C(NCc1ccc(Oc2ccc(C(F)(F)F)cc2)cc1)C1CC(O)CN1. The van der Waals surface area contributed by atoms with Crippen molar-refractivity contribution < 1.29 is 27.8 Å². The highest BCUT2D eigenvalue weighted by Crippen LogP contribution is 2.31. The van der Waals surface area contributed by atoms with E-state index in [-0.39, 0.29) is 24.4 Å². The third-order valence-corrected chi connectivity index (χ3v) is 4.23. The molecule has 2 aromatic carbocycles. The lowest BCUT2D eigenvalue weighted by Gasteiger charge is -2.12. The van der Waals surface area contributed by atoms with Crippen LogP contribution in [-0.4, -0.2) is 29.7 Å². The lowest BCUT2D eigenvalue weighted by Crippen LogP contribution is -2.39. The molecule has 5 nitrogen and oxygen atoms in total. The van der Waals surface area contributed by atoms with Crippen LogP contribution in [0.2, 0.25) is 0 Å². The average molecular weight is 417 g/mol. The average Bonchev–Trinajstić information content (AvgIpc) is 3.07. The maximum Gasteiger partial charge on any atom is 0.416 e. The number of hydrogen-bond donors (Lipinski definition) is 3. The highest BCUT2D eigenvalue weighted by molar-refractivity contribution is 5.85. The maximum absolute atomic E-state index is 12.6. The fraction of sp³-hybridized carbons (Fsp3) is 0.316. The number of carbonyl (C=O) groups is 1. The molecule has 2 atom stereocenters. The standard InChI is InChI=1S/C19H19F3N2O3.ClH/c20-19(21,22)13-3-7-16(8-4-13)27-15-5-1-12(2-6-15)10-24-18(26)17-9-14(25)11-23-17;/h1-8,14,17,23,25H,9-11H2,(H,24,26);1H. The molecule has 0 bridgehead atoms. The Morgan fingerprint density at radius 3 is 2.18 bits per heavy atom. The van der Waals surface area contributed by atoms with Crippen molar-refractivity contribution in [3.63, 3.8) is 0 Å². The monoisotopic (exact) mass is 416 g/mol. The van der Waals surface area contributed by atoms with Crippen molar-refractivity contribution in [3.8, 4) is 11.5 Å². The second kappa shape index (κ2) is 9.27. The number of halogens is 4. The van der Waals surface area contributed by atoms with Gasteiger partial charge in [-0.15, -0.1) is 12.4 Å². The molecule has 9 heteroatoms. The van der Waals surface area contributed by atoms with Crippen LogP contribution in [0.15, 0.2) is 48.5 Å². The molecular weight excluding hydrogens is 397 g/mol. The van der Waals surface area contributed by atoms with E-state index in [1.807, 2.05) is 0 Å². The summed E-state index contributed by atoms with van der Waals surface area (Å²) in [6.45, 7) is 0.738. The summed E-state index contributed by atoms with van der Waals surface area (Å²) in [4.78, 5) is 12.0. The van der Waals surface area contributed by atoms with E-state index in [0.717, 1.165) is 17.7 Å². The van der Waals surface area contributed by atoms with Gasteiger partial charge in [-0.2, -0.15) is 13.2 Å². The van der Waals surface area contributed by atoms with Gasteiger partial charge in [0.25, 0.3) is 0 Å². The summed E-state index contributed by atoms with van der Waals surface area (Å²) in [6, 6.07) is 10.9. The molecule has 2 unspecified atom stereocenters. The van der Waals surface area contributed by atoms with Gasteiger partial charge in [0.15, 0.2) is 0 Å². The summed E-state index contributed by atoms with van der Waals surface area (Å²) in [5.41, 5.74) is 0.117. The number of carbonyl (C=O) groups excluding carboxylic acids is 1. The lowest BCUT2D eigenvalue weighted by molar-refractivity contribution is -0.137. The van der Waals surface area contributed by atoms with Crippen molar-refractivity contribution >= 4 is 18.3 Å². The van der Waals surface area contributed by atoms with Gasteiger partial charge in [-0.25, -0.2) is 0 Å². The first-order chi connectivity index (χ1) is 12.8. The normalized spacial score (nSPS) is 19.0. The van der Waals surface area contributed by atoms with Crippen LogP contribution in [0.1, 0.15) is 17.5 Å². The summed E-state index contributed by atoms with van der Waals surface area (Å²) in [5.74, 6) is 0.608. The number of β-amino-alcohol motifs (C(OH)–C–C–N with tert-alkyl or cyclic N) is 1. The number of nitrogens with one attached hydrogen (secondary N) is 2. The third-order valence-electron chi connectivity index (χ3n) is 4.23. The Balaban J connectivity index is 0.00000280. The van der Waals surface area contributed by atoms with Crippen LogP contribution in [0.3, 0.4) is 0 Å². The number of alkyl halides is 3. The molecule has 1 heterocycles. The molecule has 2 aromatic rings. The third kappa shape index (κ3) is 5.85. The van der Waals surface area contributed by atoms with Gasteiger partial charge < -0.3 is 20.5 Å². The van der Waals surface area contributed by atoms with Crippen LogP contribution < -0.4 is 15.4 Å². The highest BCUT2D eigenvalue weighted by Gasteiger charge is 2.30.